The Kier molecular flexibility index (Phi) is 2.26. The van der Waals surface area contributed by atoms with Gasteiger partial charge in [-0.25, -0.2) is 0 Å². The summed E-state index contributed by atoms with van der Waals surface area (Å²) in [6.07, 6.45) is 5.64. The molecule has 1 unspecified atom stereocenters. The summed E-state index contributed by atoms with van der Waals surface area (Å²) in [5.41, 5.74) is 0.507. The maximum atomic E-state index is 5.56. The Morgan fingerprint density at radius 1 is 1.29 bits per heavy atom. The number of piperazine rings is 1. The molecule has 1 spiro atoms. The first kappa shape index (κ1) is 9.13. The summed E-state index contributed by atoms with van der Waals surface area (Å²) >= 11 is 0. The molecule has 14 heavy (non-hydrogen) atoms. The van der Waals surface area contributed by atoms with Crippen LogP contribution in [0.4, 0.5) is 0 Å². The maximum Gasteiger partial charge on any atom is 0.0635 e. The lowest BCUT2D eigenvalue weighted by Crippen LogP contribution is -2.67. The fraction of sp³-hybridized carbons (Fsp3) is 1.00. The van der Waals surface area contributed by atoms with Gasteiger partial charge in [0.05, 0.1) is 13.2 Å². The van der Waals surface area contributed by atoms with E-state index in [2.05, 4.69) is 10.2 Å². The summed E-state index contributed by atoms with van der Waals surface area (Å²) in [7, 11) is 0. The second-order valence-electron chi connectivity index (χ2n) is 4.98. The first-order valence-electron chi connectivity index (χ1n) is 5.96. The van der Waals surface area contributed by atoms with Crippen LogP contribution in [-0.4, -0.2) is 49.3 Å². The van der Waals surface area contributed by atoms with E-state index in [9.17, 15) is 0 Å². The first-order valence-corrected chi connectivity index (χ1v) is 5.96. The van der Waals surface area contributed by atoms with Gasteiger partial charge in [-0.05, 0) is 12.8 Å². The molecule has 0 radical (unpaired) electrons. The Hall–Kier alpha value is -0.120. The summed E-state index contributed by atoms with van der Waals surface area (Å²) < 4.78 is 5.56. The standard InChI is InChI=1S/C11H20N2O/c1-2-4-11(3-1)9-12-7-10-8-14-6-5-13(10)11/h10,12H,1-9H2. The van der Waals surface area contributed by atoms with E-state index in [0.717, 1.165) is 26.3 Å². The van der Waals surface area contributed by atoms with E-state index >= 15 is 0 Å². The second kappa shape index (κ2) is 3.47. The number of hydrogen-bond donors (Lipinski definition) is 1. The zero-order chi connectivity index (χ0) is 9.43. The number of nitrogens with one attached hydrogen (secondary N) is 1. The summed E-state index contributed by atoms with van der Waals surface area (Å²) in [5.74, 6) is 0. The lowest BCUT2D eigenvalue weighted by atomic mass is 9.89. The van der Waals surface area contributed by atoms with Gasteiger partial charge in [0, 0.05) is 31.2 Å². The molecule has 0 aromatic carbocycles. The second-order valence-corrected chi connectivity index (χ2v) is 4.98. The molecule has 3 rings (SSSR count). The minimum Gasteiger partial charge on any atom is -0.378 e. The van der Waals surface area contributed by atoms with Crippen LogP contribution in [0.15, 0.2) is 0 Å². The van der Waals surface area contributed by atoms with Gasteiger partial charge in [0.1, 0.15) is 0 Å². The molecule has 3 aliphatic rings. The van der Waals surface area contributed by atoms with E-state index in [1.165, 1.54) is 32.2 Å². The Bertz CT molecular complexity index is 211. The molecule has 0 aromatic rings. The predicted molar refractivity (Wildman–Crippen MR) is 55.4 cm³/mol. The topological polar surface area (TPSA) is 24.5 Å². The van der Waals surface area contributed by atoms with Crippen molar-refractivity contribution in [3.05, 3.63) is 0 Å². The number of fused-ring (bicyclic) bond motifs is 2. The highest BCUT2D eigenvalue weighted by atomic mass is 16.5. The summed E-state index contributed by atoms with van der Waals surface area (Å²) in [6.45, 7) is 5.38. The van der Waals surface area contributed by atoms with E-state index in [1.807, 2.05) is 0 Å². The number of hydrogen-bond acceptors (Lipinski definition) is 3. The van der Waals surface area contributed by atoms with E-state index in [0.29, 0.717) is 11.6 Å². The van der Waals surface area contributed by atoms with Gasteiger partial charge < -0.3 is 10.1 Å². The molecule has 1 aliphatic carbocycles. The van der Waals surface area contributed by atoms with E-state index in [4.69, 9.17) is 4.74 Å². The zero-order valence-electron chi connectivity index (χ0n) is 8.80. The minimum absolute atomic E-state index is 0.507. The van der Waals surface area contributed by atoms with Crippen molar-refractivity contribution in [1.82, 2.24) is 10.2 Å². The molecular formula is C11H20N2O. The molecule has 2 saturated heterocycles. The summed E-state index contributed by atoms with van der Waals surface area (Å²) in [6, 6.07) is 0.649. The zero-order valence-corrected chi connectivity index (χ0v) is 8.80. The third-order valence-corrected chi connectivity index (χ3v) is 4.21. The van der Waals surface area contributed by atoms with E-state index in [1.54, 1.807) is 0 Å². The van der Waals surface area contributed by atoms with Crippen LogP contribution < -0.4 is 5.32 Å². The third-order valence-electron chi connectivity index (χ3n) is 4.21. The molecule has 1 atom stereocenters. The Balaban J connectivity index is 1.82. The smallest absolute Gasteiger partial charge is 0.0635 e. The van der Waals surface area contributed by atoms with Crippen LogP contribution in [0, 0.1) is 0 Å². The van der Waals surface area contributed by atoms with Crippen LogP contribution in [0.25, 0.3) is 0 Å². The average Bonchev–Trinajstić information content (AvgIpc) is 2.68. The number of rotatable bonds is 0. The molecule has 0 bridgehead atoms. The molecule has 3 fully saturated rings. The fourth-order valence-electron chi connectivity index (χ4n) is 3.52. The molecule has 2 heterocycles. The van der Waals surface area contributed by atoms with Crippen molar-refractivity contribution in [2.24, 2.45) is 0 Å². The van der Waals surface area contributed by atoms with Gasteiger partial charge in [-0.15, -0.1) is 0 Å². The highest BCUT2D eigenvalue weighted by molar-refractivity contribution is 5.03. The summed E-state index contributed by atoms with van der Waals surface area (Å²) in [4.78, 5) is 2.75. The lowest BCUT2D eigenvalue weighted by molar-refractivity contribution is -0.0794. The number of ether oxygens (including phenoxy) is 1. The molecular weight excluding hydrogens is 176 g/mol. The first-order chi connectivity index (χ1) is 6.91. The third kappa shape index (κ3) is 1.30. The molecule has 1 N–H and O–H groups in total. The van der Waals surface area contributed by atoms with Crippen LogP contribution in [0.2, 0.25) is 0 Å². The predicted octanol–water partition coefficient (Wildman–Crippen LogP) is 0.603. The van der Waals surface area contributed by atoms with Crippen LogP contribution >= 0.6 is 0 Å². The number of nitrogens with zero attached hydrogens (tertiary/aromatic N) is 1. The average molecular weight is 196 g/mol. The van der Waals surface area contributed by atoms with E-state index < -0.39 is 0 Å². The van der Waals surface area contributed by atoms with Crippen molar-refractivity contribution < 1.29 is 4.74 Å². The highest BCUT2D eigenvalue weighted by Gasteiger charge is 2.45. The van der Waals surface area contributed by atoms with Gasteiger partial charge in [-0.2, -0.15) is 0 Å². The molecule has 0 amide bonds. The molecule has 80 valence electrons. The molecule has 3 nitrogen and oxygen atoms in total. The van der Waals surface area contributed by atoms with E-state index in [-0.39, 0.29) is 0 Å². The van der Waals surface area contributed by atoms with Crippen molar-refractivity contribution in [2.45, 2.75) is 37.3 Å². The van der Waals surface area contributed by atoms with Crippen LogP contribution in [0.5, 0.6) is 0 Å². The van der Waals surface area contributed by atoms with Crippen LogP contribution in [-0.2, 0) is 4.74 Å². The Morgan fingerprint density at radius 2 is 2.14 bits per heavy atom. The maximum absolute atomic E-state index is 5.56. The summed E-state index contributed by atoms with van der Waals surface area (Å²) in [5, 5.41) is 3.60. The van der Waals surface area contributed by atoms with Gasteiger partial charge in [-0.1, -0.05) is 12.8 Å². The quantitative estimate of drug-likeness (QED) is 0.614. The van der Waals surface area contributed by atoms with Crippen molar-refractivity contribution in [3.63, 3.8) is 0 Å². The SMILES string of the molecule is C1CCC2(C1)CNCC1COCCN12. The molecule has 3 heteroatoms. The van der Waals surface area contributed by atoms with Gasteiger partial charge in [-0.3, -0.25) is 4.90 Å². The van der Waals surface area contributed by atoms with Gasteiger partial charge in [0.15, 0.2) is 0 Å². The monoisotopic (exact) mass is 196 g/mol. The fourth-order valence-corrected chi connectivity index (χ4v) is 3.52. The van der Waals surface area contributed by atoms with Crippen LogP contribution in [0.1, 0.15) is 25.7 Å². The molecule has 2 aliphatic heterocycles. The van der Waals surface area contributed by atoms with Gasteiger partial charge >= 0.3 is 0 Å². The normalized spacial score (nSPS) is 37.3. The Morgan fingerprint density at radius 3 is 3.00 bits per heavy atom. The van der Waals surface area contributed by atoms with Gasteiger partial charge in [0.25, 0.3) is 0 Å². The Labute approximate surface area is 85.8 Å². The van der Waals surface area contributed by atoms with Crippen molar-refractivity contribution in [3.8, 4) is 0 Å². The lowest BCUT2D eigenvalue weighted by Gasteiger charge is -2.52. The largest absolute Gasteiger partial charge is 0.378 e. The van der Waals surface area contributed by atoms with Crippen molar-refractivity contribution >= 4 is 0 Å². The van der Waals surface area contributed by atoms with Crippen LogP contribution in [0.3, 0.4) is 0 Å². The molecule has 0 aromatic heterocycles. The minimum atomic E-state index is 0.507. The van der Waals surface area contributed by atoms with Crippen molar-refractivity contribution in [2.75, 3.05) is 32.8 Å². The molecule has 1 saturated carbocycles. The van der Waals surface area contributed by atoms with Crippen molar-refractivity contribution in [1.29, 1.82) is 0 Å². The van der Waals surface area contributed by atoms with Gasteiger partial charge in [0.2, 0.25) is 0 Å². The highest BCUT2D eigenvalue weighted by Crippen LogP contribution is 2.38. The number of morpholine rings is 1.